The summed E-state index contributed by atoms with van der Waals surface area (Å²) in [6.07, 6.45) is 6.06. The number of rotatable bonds is 7. The smallest absolute Gasteiger partial charge is 0.235 e. The summed E-state index contributed by atoms with van der Waals surface area (Å²) in [5.41, 5.74) is 1.74. The summed E-state index contributed by atoms with van der Waals surface area (Å²) in [6, 6.07) is 7.33. The molecule has 1 N–H and O–H groups in total. The van der Waals surface area contributed by atoms with E-state index in [0.717, 1.165) is 31.2 Å². The van der Waals surface area contributed by atoms with Crippen LogP contribution in [0.4, 0.5) is 5.00 Å². The molecule has 35 heavy (non-hydrogen) atoms. The summed E-state index contributed by atoms with van der Waals surface area (Å²) in [5.74, 6) is 1.02. The molecule has 0 saturated carbocycles. The molecule has 0 saturated heterocycles. The normalized spacial score (nSPS) is 14.4. The second-order valence-corrected chi connectivity index (χ2v) is 11.2. The van der Waals surface area contributed by atoms with E-state index in [4.69, 9.17) is 27.9 Å². The zero-order valence-corrected chi connectivity index (χ0v) is 22.6. The average molecular weight is 551 g/mol. The van der Waals surface area contributed by atoms with E-state index in [1.165, 1.54) is 40.8 Å². The van der Waals surface area contributed by atoms with Gasteiger partial charge in [0.05, 0.1) is 16.3 Å². The molecule has 1 aliphatic carbocycles. The number of hydrogen-bond donors (Lipinski definition) is 1. The number of fused-ring (bicyclic) bond motifs is 1. The van der Waals surface area contributed by atoms with Gasteiger partial charge in [-0.15, -0.1) is 21.5 Å². The maximum Gasteiger partial charge on any atom is 0.235 e. The van der Waals surface area contributed by atoms with E-state index in [1.807, 2.05) is 14.0 Å². The van der Waals surface area contributed by atoms with Crippen LogP contribution in [-0.4, -0.2) is 26.4 Å². The number of amides is 1. The second kappa shape index (κ2) is 11.7. The predicted octanol–water partition coefficient (Wildman–Crippen LogP) is 6.58. The highest BCUT2D eigenvalue weighted by Gasteiger charge is 2.22. The number of carbonyl (C=O) groups excluding carboxylic acids is 1. The third-order valence-corrected chi connectivity index (χ3v) is 8.57. The number of thiophene rings is 1. The van der Waals surface area contributed by atoms with Crippen LogP contribution in [0.2, 0.25) is 10.0 Å². The number of carbonyl (C=O) groups is 1. The molecule has 184 valence electrons. The number of nitrogens with zero attached hydrogens (tertiary/aromatic N) is 4. The molecule has 1 atom stereocenters. The molecule has 0 fully saturated rings. The maximum atomic E-state index is 12.7. The summed E-state index contributed by atoms with van der Waals surface area (Å²) < 4.78 is 7.73. The van der Waals surface area contributed by atoms with Gasteiger partial charge in [0.25, 0.3) is 0 Å². The predicted molar refractivity (Wildman–Crippen MR) is 141 cm³/mol. The van der Waals surface area contributed by atoms with Gasteiger partial charge in [0.15, 0.2) is 17.1 Å². The maximum absolute atomic E-state index is 12.7. The van der Waals surface area contributed by atoms with Gasteiger partial charge in [0.1, 0.15) is 16.8 Å². The lowest BCUT2D eigenvalue weighted by Gasteiger charge is -2.15. The van der Waals surface area contributed by atoms with Crippen molar-refractivity contribution in [3.05, 3.63) is 50.1 Å². The lowest BCUT2D eigenvalue weighted by atomic mass is 9.97. The highest BCUT2D eigenvalue weighted by Crippen LogP contribution is 2.37. The van der Waals surface area contributed by atoms with Crippen molar-refractivity contribution in [1.29, 1.82) is 5.26 Å². The van der Waals surface area contributed by atoms with Gasteiger partial charge in [0.2, 0.25) is 5.91 Å². The molecule has 7 nitrogen and oxygen atoms in total. The van der Waals surface area contributed by atoms with Crippen molar-refractivity contribution in [3.63, 3.8) is 0 Å². The van der Waals surface area contributed by atoms with Gasteiger partial charge < -0.3 is 14.6 Å². The number of halogens is 2. The van der Waals surface area contributed by atoms with Crippen LogP contribution in [0.1, 0.15) is 60.5 Å². The van der Waals surface area contributed by atoms with Gasteiger partial charge in [-0.25, -0.2) is 0 Å². The standard InChI is InChI=1S/C24H25Cl2N5O2S2/c1-14(33-19-11-15(25)9-10-18(19)26)22-29-30-24(31(22)2)34-13-21(32)28-23-17(12-27)16-7-5-3-4-6-8-20(16)35-23/h9-11,14H,3-8,13H2,1-2H3,(H,28,32). The van der Waals surface area contributed by atoms with Gasteiger partial charge >= 0.3 is 0 Å². The fourth-order valence-electron chi connectivity index (χ4n) is 4.04. The number of benzene rings is 1. The Hall–Kier alpha value is -2.25. The van der Waals surface area contributed by atoms with Crippen LogP contribution in [0.3, 0.4) is 0 Å². The minimum atomic E-state index is -0.435. The molecule has 1 aliphatic rings. The Morgan fingerprint density at radius 2 is 2.06 bits per heavy atom. The van der Waals surface area contributed by atoms with Crippen molar-refractivity contribution < 1.29 is 9.53 Å². The Balaban J connectivity index is 1.39. The van der Waals surface area contributed by atoms with E-state index in [2.05, 4.69) is 21.6 Å². The molecule has 0 spiro atoms. The Bertz CT molecular complexity index is 1270. The van der Waals surface area contributed by atoms with Crippen LogP contribution in [0.5, 0.6) is 5.75 Å². The van der Waals surface area contributed by atoms with Crippen LogP contribution in [0, 0.1) is 11.3 Å². The number of nitrogens with one attached hydrogen (secondary N) is 1. The molecular formula is C24H25Cl2N5O2S2. The molecule has 11 heteroatoms. The molecule has 1 amide bonds. The number of aryl methyl sites for hydroxylation is 1. The number of anilines is 1. The molecular weight excluding hydrogens is 525 g/mol. The fraction of sp³-hybridized carbons (Fsp3) is 0.417. The average Bonchev–Trinajstić information content (AvgIpc) is 3.33. The second-order valence-electron chi connectivity index (χ2n) is 8.31. The Morgan fingerprint density at radius 3 is 2.83 bits per heavy atom. The topological polar surface area (TPSA) is 92.8 Å². The lowest BCUT2D eigenvalue weighted by Crippen LogP contribution is -2.15. The molecule has 0 aliphatic heterocycles. The molecule has 2 heterocycles. The summed E-state index contributed by atoms with van der Waals surface area (Å²) >= 11 is 15.1. The highest BCUT2D eigenvalue weighted by molar-refractivity contribution is 7.99. The van der Waals surface area contributed by atoms with Crippen molar-refractivity contribution >= 4 is 57.2 Å². The van der Waals surface area contributed by atoms with Gasteiger partial charge in [-0.3, -0.25) is 4.79 Å². The van der Waals surface area contributed by atoms with Gasteiger partial charge in [-0.1, -0.05) is 47.8 Å². The molecule has 1 aromatic carbocycles. The largest absolute Gasteiger partial charge is 0.481 e. The minimum absolute atomic E-state index is 0.148. The third kappa shape index (κ3) is 6.12. The zero-order valence-electron chi connectivity index (χ0n) is 19.4. The Labute approximate surface area is 222 Å². The first-order chi connectivity index (χ1) is 16.9. The lowest BCUT2D eigenvalue weighted by molar-refractivity contribution is -0.113. The third-order valence-electron chi connectivity index (χ3n) is 5.80. The van der Waals surface area contributed by atoms with Crippen molar-refractivity contribution in [2.75, 3.05) is 11.1 Å². The zero-order chi connectivity index (χ0) is 24.9. The number of hydrogen-bond acceptors (Lipinski definition) is 7. The van der Waals surface area contributed by atoms with Crippen LogP contribution < -0.4 is 10.1 Å². The number of thioether (sulfide) groups is 1. The van der Waals surface area contributed by atoms with Crippen LogP contribution >= 0.6 is 46.3 Å². The first-order valence-corrected chi connectivity index (χ1v) is 13.9. The van der Waals surface area contributed by atoms with Gasteiger partial charge in [0, 0.05) is 23.0 Å². The molecule has 1 unspecified atom stereocenters. The molecule has 4 rings (SSSR count). The van der Waals surface area contributed by atoms with E-state index in [-0.39, 0.29) is 11.7 Å². The fourth-order valence-corrected chi connectivity index (χ4v) is 6.33. The van der Waals surface area contributed by atoms with E-state index in [1.54, 1.807) is 22.8 Å². The van der Waals surface area contributed by atoms with Crippen molar-refractivity contribution in [2.45, 2.75) is 56.7 Å². The van der Waals surface area contributed by atoms with Gasteiger partial charge in [-0.2, -0.15) is 5.26 Å². The molecule has 3 aromatic rings. The Morgan fingerprint density at radius 1 is 1.29 bits per heavy atom. The van der Waals surface area contributed by atoms with E-state index in [9.17, 15) is 10.1 Å². The minimum Gasteiger partial charge on any atom is -0.481 e. The van der Waals surface area contributed by atoms with Crippen molar-refractivity contribution in [3.8, 4) is 11.8 Å². The van der Waals surface area contributed by atoms with Crippen molar-refractivity contribution in [1.82, 2.24) is 14.8 Å². The van der Waals surface area contributed by atoms with Crippen LogP contribution in [0.15, 0.2) is 23.4 Å². The van der Waals surface area contributed by atoms with Crippen LogP contribution in [0.25, 0.3) is 0 Å². The number of nitriles is 1. The highest BCUT2D eigenvalue weighted by atomic mass is 35.5. The quantitative estimate of drug-likeness (QED) is 0.334. The Kier molecular flexibility index (Phi) is 8.60. The summed E-state index contributed by atoms with van der Waals surface area (Å²) in [5, 5.41) is 23.3. The number of ether oxygens (including phenoxy) is 1. The van der Waals surface area contributed by atoms with Crippen LogP contribution in [-0.2, 0) is 24.7 Å². The summed E-state index contributed by atoms with van der Waals surface area (Å²) in [6.45, 7) is 1.84. The van der Waals surface area contributed by atoms with E-state index >= 15 is 0 Å². The number of aromatic nitrogens is 3. The van der Waals surface area contributed by atoms with Crippen molar-refractivity contribution in [2.24, 2.45) is 7.05 Å². The van der Waals surface area contributed by atoms with E-state index in [0.29, 0.717) is 37.3 Å². The molecule has 0 bridgehead atoms. The first kappa shape index (κ1) is 25.8. The summed E-state index contributed by atoms with van der Waals surface area (Å²) in [4.78, 5) is 14.0. The summed E-state index contributed by atoms with van der Waals surface area (Å²) in [7, 11) is 1.82. The van der Waals surface area contributed by atoms with E-state index < -0.39 is 6.10 Å². The monoisotopic (exact) mass is 549 g/mol. The SMILES string of the molecule is CC(Oc1cc(Cl)ccc1Cl)c1nnc(SCC(=O)Nc2sc3c(c2C#N)CCCCCC3)n1C. The van der Waals surface area contributed by atoms with Gasteiger partial charge in [-0.05, 0) is 50.3 Å². The molecule has 2 aromatic heterocycles. The molecule has 0 radical (unpaired) electrons. The first-order valence-electron chi connectivity index (χ1n) is 11.4.